The number of piperidine rings is 1. The summed E-state index contributed by atoms with van der Waals surface area (Å²) < 4.78 is 0. The van der Waals surface area contributed by atoms with E-state index in [9.17, 15) is 4.79 Å². The van der Waals surface area contributed by atoms with Gasteiger partial charge in [0.1, 0.15) is 0 Å². The van der Waals surface area contributed by atoms with Crippen LogP contribution in [0.1, 0.15) is 18.4 Å². The smallest absolute Gasteiger partial charge is 0.306 e. The number of nitrogen functional groups attached to an aromatic ring is 1. The zero-order valence-electron chi connectivity index (χ0n) is 9.67. The summed E-state index contributed by atoms with van der Waals surface area (Å²) in [6.07, 6.45) is 4.83. The zero-order chi connectivity index (χ0) is 12.3. The number of likely N-dealkylation sites (tertiary alicyclic amines) is 1. The van der Waals surface area contributed by atoms with Gasteiger partial charge in [-0.05, 0) is 37.6 Å². The fourth-order valence-electron chi connectivity index (χ4n) is 2.16. The van der Waals surface area contributed by atoms with Crippen molar-refractivity contribution in [1.29, 1.82) is 0 Å². The van der Waals surface area contributed by atoms with Crippen LogP contribution < -0.4 is 5.73 Å². The molecule has 3 N–H and O–H groups in total. The molecule has 1 saturated heterocycles. The molecule has 0 unspecified atom stereocenters. The Morgan fingerprint density at radius 1 is 1.53 bits per heavy atom. The van der Waals surface area contributed by atoms with E-state index in [4.69, 9.17) is 10.8 Å². The summed E-state index contributed by atoms with van der Waals surface area (Å²) in [5.41, 5.74) is 7.60. The Kier molecular flexibility index (Phi) is 3.58. The standard InChI is InChI=1S/C12H17N3O2/c13-11-7-14-4-1-10(11)8-15-5-2-9(3-6-15)12(16)17/h1,4,7,9H,2-3,5-6,8,13H2,(H,16,17). The van der Waals surface area contributed by atoms with Gasteiger partial charge in [0.25, 0.3) is 0 Å². The number of aliphatic carboxylic acids is 1. The first-order valence-corrected chi connectivity index (χ1v) is 5.80. The number of rotatable bonds is 3. The molecule has 1 aliphatic rings. The maximum absolute atomic E-state index is 10.8. The van der Waals surface area contributed by atoms with Crippen LogP contribution in [0.25, 0.3) is 0 Å². The summed E-state index contributed by atoms with van der Waals surface area (Å²) in [5.74, 6) is -0.853. The maximum atomic E-state index is 10.8. The number of hydrogen-bond donors (Lipinski definition) is 2. The number of carbonyl (C=O) groups is 1. The highest BCUT2D eigenvalue weighted by atomic mass is 16.4. The molecule has 5 nitrogen and oxygen atoms in total. The van der Waals surface area contributed by atoms with Crippen LogP contribution >= 0.6 is 0 Å². The second-order valence-corrected chi connectivity index (χ2v) is 4.46. The van der Waals surface area contributed by atoms with Gasteiger partial charge in [-0.3, -0.25) is 14.7 Å². The Morgan fingerprint density at radius 2 is 2.24 bits per heavy atom. The number of carboxylic acid groups (broad SMARTS) is 1. The number of anilines is 1. The SMILES string of the molecule is Nc1cnccc1CN1CCC(C(=O)O)CC1. The van der Waals surface area contributed by atoms with Gasteiger partial charge in [-0.25, -0.2) is 0 Å². The minimum absolute atomic E-state index is 0.180. The highest BCUT2D eigenvalue weighted by Gasteiger charge is 2.24. The van der Waals surface area contributed by atoms with Gasteiger partial charge < -0.3 is 10.8 Å². The quantitative estimate of drug-likeness (QED) is 0.815. The van der Waals surface area contributed by atoms with Crippen LogP contribution in [0, 0.1) is 5.92 Å². The second-order valence-electron chi connectivity index (χ2n) is 4.46. The predicted octanol–water partition coefficient (Wildman–Crippen LogP) is 0.960. The van der Waals surface area contributed by atoms with Crippen LogP contribution in [-0.2, 0) is 11.3 Å². The lowest BCUT2D eigenvalue weighted by atomic mass is 9.97. The minimum atomic E-state index is -0.673. The number of carboxylic acids is 1. The monoisotopic (exact) mass is 235 g/mol. The van der Waals surface area contributed by atoms with Crippen LogP contribution in [0.4, 0.5) is 5.69 Å². The van der Waals surface area contributed by atoms with Crippen molar-refractivity contribution in [2.45, 2.75) is 19.4 Å². The number of nitrogens with zero attached hydrogens (tertiary/aromatic N) is 2. The Balaban J connectivity index is 1.90. The summed E-state index contributed by atoms with van der Waals surface area (Å²) in [7, 11) is 0. The summed E-state index contributed by atoms with van der Waals surface area (Å²) in [5, 5.41) is 8.91. The lowest BCUT2D eigenvalue weighted by Crippen LogP contribution is -2.36. The topological polar surface area (TPSA) is 79.5 Å². The van der Waals surface area contributed by atoms with Gasteiger partial charge in [0.05, 0.1) is 17.8 Å². The summed E-state index contributed by atoms with van der Waals surface area (Å²) in [4.78, 5) is 17.0. The normalized spacial score (nSPS) is 18.1. The average molecular weight is 235 g/mol. The fourth-order valence-corrected chi connectivity index (χ4v) is 2.16. The molecule has 0 bridgehead atoms. The molecular formula is C12H17N3O2. The molecule has 0 radical (unpaired) electrons. The van der Waals surface area contributed by atoms with Gasteiger partial charge in [-0.1, -0.05) is 0 Å². The van der Waals surface area contributed by atoms with E-state index in [1.54, 1.807) is 12.4 Å². The molecule has 17 heavy (non-hydrogen) atoms. The molecule has 0 spiro atoms. The highest BCUT2D eigenvalue weighted by Crippen LogP contribution is 2.20. The molecule has 1 aromatic heterocycles. The Hall–Kier alpha value is -1.62. The fraction of sp³-hybridized carbons (Fsp3) is 0.500. The van der Waals surface area contributed by atoms with Crippen molar-refractivity contribution in [2.24, 2.45) is 5.92 Å². The molecule has 1 fully saturated rings. The van der Waals surface area contributed by atoms with E-state index in [-0.39, 0.29) is 5.92 Å². The van der Waals surface area contributed by atoms with Gasteiger partial charge >= 0.3 is 5.97 Å². The van der Waals surface area contributed by atoms with E-state index in [0.717, 1.165) is 38.0 Å². The van der Waals surface area contributed by atoms with E-state index in [0.29, 0.717) is 5.69 Å². The third kappa shape index (κ3) is 2.94. The lowest BCUT2D eigenvalue weighted by Gasteiger charge is -2.30. The van der Waals surface area contributed by atoms with Crippen molar-refractivity contribution in [1.82, 2.24) is 9.88 Å². The zero-order valence-corrected chi connectivity index (χ0v) is 9.67. The molecule has 0 aliphatic carbocycles. The minimum Gasteiger partial charge on any atom is -0.481 e. The van der Waals surface area contributed by atoms with Crippen molar-refractivity contribution in [3.63, 3.8) is 0 Å². The summed E-state index contributed by atoms with van der Waals surface area (Å²) >= 11 is 0. The van der Waals surface area contributed by atoms with Crippen molar-refractivity contribution >= 4 is 11.7 Å². The summed E-state index contributed by atoms with van der Waals surface area (Å²) in [6.45, 7) is 2.41. The average Bonchev–Trinajstić information content (AvgIpc) is 2.33. The molecule has 0 atom stereocenters. The van der Waals surface area contributed by atoms with Crippen molar-refractivity contribution in [3.05, 3.63) is 24.0 Å². The first kappa shape index (κ1) is 11.9. The molecule has 0 aromatic carbocycles. The molecule has 92 valence electrons. The number of pyridine rings is 1. The van der Waals surface area contributed by atoms with Crippen LogP contribution in [-0.4, -0.2) is 34.0 Å². The third-order valence-electron chi connectivity index (χ3n) is 3.28. The largest absolute Gasteiger partial charge is 0.481 e. The molecule has 2 heterocycles. The number of aromatic nitrogens is 1. The molecule has 0 saturated carbocycles. The van der Waals surface area contributed by atoms with E-state index in [1.165, 1.54) is 0 Å². The molecule has 1 aromatic rings. The van der Waals surface area contributed by atoms with Crippen LogP contribution in [0.5, 0.6) is 0 Å². The molecule has 0 amide bonds. The van der Waals surface area contributed by atoms with Gasteiger partial charge in [0.15, 0.2) is 0 Å². The Bertz CT molecular complexity index is 400. The van der Waals surface area contributed by atoms with E-state index >= 15 is 0 Å². The predicted molar refractivity (Wildman–Crippen MR) is 64.3 cm³/mol. The lowest BCUT2D eigenvalue weighted by molar-refractivity contribution is -0.143. The molecular weight excluding hydrogens is 218 g/mol. The van der Waals surface area contributed by atoms with Crippen LogP contribution in [0.15, 0.2) is 18.5 Å². The van der Waals surface area contributed by atoms with Crippen LogP contribution in [0.2, 0.25) is 0 Å². The number of hydrogen-bond acceptors (Lipinski definition) is 4. The maximum Gasteiger partial charge on any atom is 0.306 e. The summed E-state index contributed by atoms with van der Waals surface area (Å²) in [6, 6.07) is 1.92. The Morgan fingerprint density at radius 3 is 2.82 bits per heavy atom. The molecule has 5 heteroatoms. The van der Waals surface area contributed by atoms with E-state index < -0.39 is 5.97 Å². The van der Waals surface area contributed by atoms with E-state index in [2.05, 4.69) is 9.88 Å². The molecule has 2 rings (SSSR count). The first-order chi connectivity index (χ1) is 8.16. The molecule has 1 aliphatic heterocycles. The highest BCUT2D eigenvalue weighted by molar-refractivity contribution is 5.70. The van der Waals surface area contributed by atoms with Gasteiger partial charge in [0.2, 0.25) is 0 Å². The number of nitrogens with two attached hydrogens (primary N) is 1. The van der Waals surface area contributed by atoms with Gasteiger partial charge in [-0.2, -0.15) is 0 Å². The second kappa shape index (κ2) is 5.14. The van der Waals surface area contributed by atoms with Crippen molar-refractivity contribution in [2.75, 3.05) is 18.8 Å². The Labute approximate surface area is 100 Å². The van der Waals surface area contributed by atoms with Gasteiger partial charge in [-0.15, -0.1) is 0 Å². The van der Waals surface area contributed by atoms with Crippen molar-refractivity contribution < 1.29 is 9.90 Å². The van der Waals surface area contributed by atoms with Crippen LogP contribution in [0.3, 0.4) is 0 Å². The third-order valence-corrected chi connectivity index (χ3v) is 3.28. The van der Waals surface area contributed by atoms with E-state index in [1.807, 2.05) is 6.07 Å². The van der Waals surface area contributed by atoms with Crippen molar-refractivity contribution in [3.8, 4) is 0 Å². The first-order valence-electron chi connectivity index (χ1n) is 5.80. The van der Waals surface area contributed by atoms with Gasteiger partial charge in [0, 0.05) is 12.7 Å².